The number of carbonyl (C=O) groups is 2. The molecule has 0 aromatic heterocycles. The van der Waals surface area contributed by atoms with Crippen LogP contribution >= 0.6 is 0 Å². The number of allylic oxidation sites excluding steroid dienone is 1. The Labute approximate surface area is 153 Å². The van der Waals surface area contributed by atoms with Crippen LogP contribution < -0.4 is 14.8 Å². The molecule has 1 heterocycles. The van der Waals surface area contributed by atoms with Gasteiger partial charge in [-0.05, 0) is 48.0 Å². The van der Waals surface area contributed by atoms with E-state index in [0.29, 0.717) is 22.7 Å². The predicted molar refractivity (Wildman–Crippen MR) is 93.9 cm³/mol. The highest BCUT2D eigenvalue weighted by atomic mass is 16.9. The van der Waals surface area contributed by atoms with Crippen molar-refractivity contribution in [2.24, 2.45) is 0 Å². The minimum absolute atomic E-state index is 0.183. The van der Waals surface area contributed by atoms with E-state index in [2.05, 4.69) is 10.2 Å². The van der Waals surface area contributed by atoms with Crippen molar-refractivity contribution in [1.82, 2.24) is 0 Å². The van der Waals surface area contributed by atoms with E-state index in [1.54, 1.807) is 18.2 Å². The van der Waals surface area contributed by atoms with Crippen LogP contribution in [0, 0.1) is 10.1 Å². The Morgan fingerprint density at radius 3 is 2.63 bits per heavy atom. The molecule has 0 bridgehead atoms. The van der Waals surface area contributed by atoms with Crippen LogP contribution in [-0.2, 0) is 9.63 Å². The molecule has 1 amide bonds. The van der Waals surface area contributed by atoms with Crippen molar-refractivity contribution in [2.45, 2.75) is 0 Å². The van der Waals surface area contributed by atoms with E-state index in [0.717, 1.165) is 5.56 Å². The quantitative estimate of drug-likeness (QED) is 0.344. The van der Waals surface area contributed by atoms with Crippen molar-refractivity contribution < 1.29 is 29.0 Å². The summed E-state index contributed by atoms with van der Waals surface area (Å²) in [6.07, 6.45) is 3.09. The van der Waals surface area contributed by atoms with Crippen molar-refractivity contribution in [1.29, 1.82) is 0 Å². The van der Waals surface area contributed by atoms with E-state index >= 15 is 0 Å². The molecule has 0 spiro atoms. The number of rotatable bonds is 7. The van der Waals surface area contributed by atoms with E-state index in [4.69, 9.17) is 9.47 Å². The van der Waals surface area contributed by atoms with Gasteiger partial charge >= 0.3 is 0 Å². The summed E-state index contributed by atoms with van der Waals surface area (Å²) >= 11 is 0. The van der Waals surface area contributed by atoms with Crippen molar-refractivity contribution in [3.05, 3.63) is 69.8 Å². The summed E-state index contributed by atoms with van der Waals surface area (Å²) in [7, 11) is 0. The van der Waals surface area contributed by atoms with Crippen molar-refractivity contribution in [3.63, 3.8) is 0 Å². The second-order valence-electron chi connectivity index (χ2n) is 5.43. The Bertz CT molecular complexity index is 906. The first-order valence-corrected chi connectivity index (χ1v) is 7.80. The van der Waals surface area contributed by atoms with Crippen LogP contribution in [0.25, 0.3) is 6.08 Å². The van der Waals surface area contributed by atoms with Crippen molar-refractivity contribution in [2.75, 3.05) is 18.7 Å². The van der Waals surface area contributed by atoms with E-state index in [9.17, 15) is 19.7 Å². The van der Waals surface area contributed by atoms with Gasteiger partial charge in [-0.1, -0.05) is 12.1 Å². The smallest absolute Gasteiger partial charge is 0.295 e. The monoisotopic (exact) mass is 370 g/mol. The first-order valence-electron chi connectivity index (χ1n) is 7.80. The van der Waals surface area contributed by atoms with Crippen LogP contribution in [0.15, 0.2) is 48.5 Å². The van der Waals surface area contributed by atoms with Gasteiger partial charge < -0.3 is 19.6 Å². The van der Waals surface area contributed by atoms with Gasteiger partial charge in [0.25, 0.3) is 5.09 Å². The lowest BCUT2D eigenvalue weighted by atomic mass is 10.1. The lowest BCUT2D eigenvalue weighted by Crippen LogP contribution is -2.20. The predicted octanol–water partition coefficient (Wildman–Crippen LogP) is 2.46. The molecule has 0 fully saturated rings. The van der Waals surface area contributed by atoms with Crippen LogP contribution in [0.1, 0.15) is 15.9 Å². The summed E-state index contributed by atoms with van der Waals surface area (Å²) < 4.78 is 10.5. The number of hydrogen-bond donors (Lipinski definition) is 1. The van der Waals surface area contributed by atoms with Crippen LogP contribution in [0.5, 0.6) is 11.5 Å². The van der Waals surface area contributed by atoms with E-state index in [1.165, 1.54) is 30.3 Å². The van der Waals surface area contributed by atoms with E-state index < -0.39 is 17.6 Å². The normalized spacial score (nSPS) is 12.0. The highest BCUT2D eigenvalue weighted by Crippen LogP contribution is 2.32. The Morgan fingerprint density at radius 1 is 1.15 bits per heavy atom. The van der Waals surface area contributed by atoms with E-state index in [-0.39, 0.29) is 12.6 Å². The molecule has 2 aromatic carbocycles. The van der Waals surface area contributed by atoms with Crippen LogP contribution in [0.2, 0.25) is 0 Å². The number of benzene rings is 2. The Morgan fingerprint density at radius 2 is 1.89 bits per heavy atom. The third kappa shape index (κ3) is 4.82. The summed E-state index contributed by atoms with van der Waals surface area (Å²) in [6.45, 7) is -0.519. The number of amides is 1. The number of ketones is 1. The number of hydrogen-bond acceptors (Lipinski definition) is 7. The molecule has 2 aromatic rings. The largest absolute Gasteiger partial charge is 0.454 e. The van der Waals surface area contributed by atoms with Gasteiger partial charge in [-0.3, -0.25) is 9.59 Å². The molecule has 9 heteroatoms. The standard InChI is InChI=1S/C18H14N2O7/c21-15(7-1-12-2-8-16-17(9-12)26-11-25-16)13-3-5-14(6-4-13)19-18(22)10-27-20(23)24/h1-9H,10-11H2,(H,19,22)/b7-1+. The molecule has 0 saturated heterocycles. The average Bonchev–Trinajstić information content (AvgIpc) is 3.13. The van der Waals surface area contributed by atoms with Crippen molar-refractivity contribution in [3.8, 4) is 11.5 Å². The number of carbonyl (C=O) groups excluding carboxylic acids is 2. The van der Waals surface area contributed by atoms with Gasteiger partial charge in [-0.2, -0.15) is 0 Å². The molecule has 27 heavy (non-hydrogen) atoms. The molecular weight excluding hydrogens is 356 g/mol. The van der Waals surface area contributed by atoms with Gasteiger partial charge in [0, 0.05) is 11.3 Å². The molecule has 0 atom stereocenters. The van der Waals surface area contributed by atoms with Gasteiger partial charge in [-0.25, -0.2) is 0 Å². The third-order valence-corrected chi connectivity index (χ3v) is 3.58. The van der Waals surface area contributed by atoms with E-state index in [1.807, 2.05) is 6.07 Å². The minimum Gasteiger partial charge on any atom is -0.454 e. The third-order valence-electron chi connectivity index (χ3n) is 3.58. The summed E-state index contributed by atoms with van der Waals surface area (Å²) in [5.74, 6) is 0.404. The first-order chi connectivity index (χ1) is 13.0. The zero-order valence-electron chi connectivity index (χ0n) is 13.9. The highest BCUT2D eigenvalue weighted by molar-refractivity contribution is 6.07. The number of nitrogens with one attached hydrogen (secondary N) is 1. The second kappa shape index (κ2) is 8.00. The SMILES string of the molecule is O=C(CO[N+](=O)[O-])Nc1ccc(C(=O)/C=C/c2ccc3c(c2)OCO3)cc1. The average molecular weight is 370 g/mol. The van der Waals surface area contributed by atoms with Crippen LogP contribution in [-0.4, -0.2) is 30.2 Å². The number of ether oxygens (including phenoxy) is 2. The summed E-state index contributed by atoms with van der Waals surface area (Å²) in [4.78, 5) is 37.7. The van der Waals surface area contributed by atoms with Gasteiger partial charge in [0.2, 0.25) is 12.7 Å². The Balaban J connectivity index is 1.58. The topological polar surface area (TPSA) is 117 Å². The molecule has 1 aliphatic rings. The maximum atomic E-state index is 12.2. The fourth-order valence-electron chi connectivity index (χ4n) is 2.31. The van der Waals surface area contributed by atoms with Gasteiger partial charge in [-0.15, -0.1) is 10.1 Å². The maximum absolute atomic E-state index is 12.2. The second-order valence-corrected chi connectivity index (χ2v) is 5.43. The van der Waals surface area contributed by atoms with Crippen LogP contribution in [0.4, 0.5) is 5.69 Å². The lowest BCUT2D eigenvalue weighted by Gasteiger charge is -2.05. The van der Waals surface area contributed by atoms with Gasteiger partial charge in [0.1, 0.15) is 0 Å². The molecule has 3 rings (SSSR count). The number of nitrogens with zero attached hydrogens (tertiary/aromatic N) is 1. The highest BCUT2D eigenvalue weighted by Gasteiger charge is 2.12. The van der Waals surface area contributed by atoms with Gasteiger partial charge in [0.05, 0.1) is 0 Å². The number of anilines is 1. The molecular formula is C18H14N2O7. The first kappa shape index (κ1) is 17.9. The maximum Gasteiger partial charge on any atom is 0.295 e. The molecule has 0 saturated carbocycles. The molecule has 0 aliphatic carbocycles. The van der Waals surface area contributed by atoms with Gasteiger partial charge in [0.15, 0.2) is 23.9 Å². The van der Waals surface area contributed by atoms with Crippen LogP contribution in [0.3, 0.4) is 0 Å². The molecule has 1 aliphatic heterocycles. The number of fused-ring (bicyclic) bond motifs is 1. The summed E-state index contributed by atoms with van der Waals surface area (Å²) in [5.41, 5.74) is 1.61. The molecule has 0 unspecified atom stereocenters. The lowest BCUT2D eigenvalue weighted by molar-refractivity contribution is -0.754. The molecule has 9 nitrogen and oxygen atoms in total. The Hall–Kier alpha value is -3.88. The summed E-state index contributed by atoms with van der Waals surface area (Å²) in [5, 5.41) is 11.4. The zero-order valence-corrected chi connectivity index (χ0v) is 13.9. The minimum atomic E-state index is -1.05. The fraction of sp³-hybridized carbons (Fsp3) is 0.111. The molecule has 1 N–H and O–H groups in total. The zero-order chi connectivity index (χ0) is 19.2. The molecule has 138 valence electrons. The molecule has 0 radical (unpaired) electrons. The van der Waals surface area contributed by atoms with Crippen molar-refractivity contribution >= 4 is 23.5 Å². The summed E-state index contributed by atoms with van der Waals surface area (Å²) in [6, 6.07) is 11.5. The Kier molecular flexibility index (Phi) is 5.31. The fourth-order valence-corrected chi connectivity index (χ4v) is 2.31.